The van der Waals surface area contributed by atoms with E-state index in [4.69, 9.17) is 0 Å². The van der Waals surface area contributed by atoms with Crippen LogP contribution in [0.3, 0.4) is 0 Å². The second-order valence-corrected chi connectivity index (χ2v) is 9.45. The Hall–Kier alpha value is -4.54. The molecule has 5 rings (SSSR count). The number of aliphatic hydroxyl groups excluding tert-OH is 1. The largest absolute Gasteiger partial charge is 0.508 e. The number of rotatable bonds is 10. The normalized spacial score (nSPS) is 12.1. The van der Waals surface area contributed by atoms with E-state index < -0.39 is 6.04 Å². The standard InChI is InChI=1S/C29H31N7O3/c1-3-30-12-20-13-31-14-24(17(20)2)19-6-9-25-23(11-19)27(36-35-25)28-32-15-26(34-28)29(39)33-21(16-37)10-18-4-7-22(38)8-5-18/h4-9,11,13-15,21,30,37-38H,3,10,12,16H2,1-2H3,(H,32,34)(H,33,39)(H,35,36)/t21-/m0/s1. The van der Waals surface area contributed by atoms with Gasteiger partial charge in [-0.15, -0.1) is 0 Å². The van der Waals surface area contributed by atoms with Gasteiger partial charge in [-0.25, -0.2) is 4.98 Å². The molecule has 0 spiro atoms. The number of aliphatic hydroxyl groups is 1. The monoisotopic (exact) mass is 525 g/mol. The molecule has 5 aromatic rings. The first kappa shape index (κ1) is 26.1. The average molecular weight is 526 g/mol. The van der Waals surface area contributed by atoms with Crippen LogP contribution in [0.2, 0.25) is 0 Å². The maximum absolute atomic E-state index is 12.9. The second kappa shape index (κ2) is 11.5. The minimum Gasteiger partial charge on any atom is -0.508 e. The summed E-state index contributed by atoms with van der Waals surface area (Å²) in [6.07, 6.45) is 5.64. The van der Waals surface area contributed by atoms with E-state index in [1.54, 1.807) is 24.3 Å². The van der Waals surface area contributed by atoms with Crippen molar-refractivity contribution in [3.05, 3.63) is 83.4 Å². The summed E-state index contributed by atoms with van der Waals surface area (Å²) in [7, 11) is 0. The third-order valence-electron chi connectivity index (χ3n) is 6.78. The van der Waals surface area contributed by atoms with E-state index in [1.807, 2.05) is 24.5 Å². The van der Waals surface area contributed by atoms with Crippen LogP contribution in [-0.2, 0) is 13.0 Å². The van der Waals surface area contributed by atoms with Gasteiger partial charge in [0.05, 0.1) is 24.4 Å². The Kier molecular flexibility index (Phi) is 7.67. The second-order valence-electron chi connectivity index (χ2n) is 9.45. The van der Waals surface area contributed by atoms with E-state index in [0.717, 1.165) is 51.8 Å². The summed E-state index contributed by atoms with van der Waals surface area (Å²) in [5, 5.41) is 33.8. The van der Waals surface area contributed by atoms with E-state index in [2.05, 4.69) is 55.7 Å². The van der Waals surface area contributed by atoms with Crippen molar-refractivity contribution in [3.8, 4) is 28.4 Å². The lowest BCUT2D eigenvalue weighted by Crippen LogP contribution is -2.39. The topological polar surface area (TPSA) is 152 Å². The molecule has 6 N–H and O–H groups in total. The molecule has 3 aromatic heterocycles. The summed E-state index contributed by atoms with van der Waals surface area (Å²) in [5.41, 5.74) is 6.96. The number of nitrogens with one attached hydrogen (secondary N) is 4. The van der Waals surface area contributed by atoms with Crippen LogP contribution >= 0.6 is 0 Å². The van der Waals surface area contributed by atoms with Gasteiger partial charge in [0, 0.05) is 29.9 Å². The lowest BCUT2D eigenvalue weighted by molar-refractivity contribution is 0.0912. The molecule has 0 fully saturated rings. The number of phenolic OH excluding ortho intramolecular Hbond substituents is 1. The molecule has 1 amide bonds. The first-order chi connectivity index (χ1) is 19.0. The summed E-state index contributed by atoms with van der Waals surface area (Å²) in [4.78, 5) is 24.9. The van der Waals surface area contributed by atoms with Gasteiger partial charge in [-0.1, -0.05) is 25.1 Å². The first-order valence-corrected chi connectivity index (χ1v) is 12.8. The number of aromatic nitrogens is 5. The van der Waals surface area contributed by atoms with E-state index in [9.17, 15) is 15.0 Å². The number of phenols is 1. The van der Waals surface area contributed by atoms with Crippen LogP contribution in [0.4, 0.5) is 0 Å². The Bertz CT molecular complexity index is 1590. The third kappa shape index (κ3) is 5.66. The summed E-state index contributed by atoms with van der Waals surface area (Å²) >= 11 is 0. The minimum atomic E-state index is -0.497. The Morgan fingerprint density at radius 2 is 1.92 bits per heavy atom. The van der Waals surface area contributed by atoms with Crippen molar-refractivity contribution in [2.75, 3.05) is 13.2 Å². The number of carbonyl (C=O) groups excluding carboxylic acids is 1. The number of pyridine rings is 1. The van der Waals surface area contributed by atoms with Gasteiger partial charge in [0.2, 0.25) is 0 Å². The highest BCUT2D eigenvalue weighted by atomic mass is 16.3. The molecule has 1 atom stereocenters. The zero-order chi connectivity index (χ0) is 27.4. The molecule has 0 radical (unpaired) electrons. The Labute approximate surface area is 225 Å². The highest BCUT2D eigenvalue weighted by Crippen LogP contribution is 2.31. The number of H-pyrrole nitrogens is 2. The Balaban J connectivity index is 1.37. The number of aromatic hydroxyl groups is 1. The predicted molar refractivity (Wildman–Crippen MR) is 149 cm³/mol. The Morgan fingerprint density at radius 1 is 1.10 bits per heavy atom. The van der Waals surface area contributed by atoms with Crippen LogP contribution in [0, 0.1) is 6.92 Å². The Morgan fingerprint density at radius 3 is 2.69 bits per heavy atom. The number of fused-ring (bicyclic) bond motifs is 1. The summed E-state index contributed by atoms with van der Waals surface area (Å²) in [6, 6.07) is 12.2. The fraction of sp³-hybridized carbons (Fsp3) is 0.241. The molecule has 10 nitrogen and oxygen atoms in total. The van der Waals surface area contributed by atoms with Crippen molar-refractivity contribution in [2.45, 2.75) is 32.9 Å². The van der Waals surface area contributed by atoms with Crippen LogP contribution in [0.1, 0.15) is 34.1 Å². The van der Waals surface area contributed by atoms with Gasteiger partial charge in [-0.2, -0.15) is 5.10 Å². The van der Waals surface area contributed by atoms with Gasteiger partial charge in [0.15, 0.2) is 5.82 Å². The van der Waals surface area contributed by atoms with E-state index in [1.165, 1.54) is 6.20 Å². The summed E-state index contributed by atoms with van der Waals surface area (Å²) < 4.78 is 0. The molecule has 200 valence electrons. The van der Waals surface area contributed by atoms with Crippen molar-refractivity contribution < 1.29 is 15.0 Å². The molecule has 0 bridgehead atoms. The molecule has 0 saturated heterocycles. The molecule has 0 unspecified atom stereocenters. The number of nitrogens with zero attached hydrogens (tertiary/aromatic N) is 3. The van der Waals surface area contributed by atoms with E-state index in [0.29, 0.717) is 17.9 Å². The molecule has 0 aliphatic carbocycles. The molecule has 39 heavy (non-hydrogen) atoms. The number of hydrogen-bond donors (Lipinski definition) is 6. The summed E-state index contributed by atoms with van der Waals surface area (Å²) in [6.45, 7) is 5.59. The van der Waals surface area contributed by atoms with E-state index >= 15 is 0 Å². The number of aromatic amines is 2. The quantitative estimate of drug-likeness (QED) is 0.163. The lowest BCUT2D eigenvalue weighted by atomic mass is 9.98. The van der Waals surface area contributed by atoms with Gasteiger partial charge in [-0.3, -0.25) is 14.9 Å². The lowest BCUT2D eigenvalue weighted by Gasteiger charge is -2.15. The molecular formula is C29H31N7O3. The molecule has 3 heterocycles. The van der Waals surface area contributed by atoms with Crippen LogP contribution < -0.4 is 10.6 Å². The molecule has 2 aromatic carbocycles. The maximum atomic E-state index is 12.9. The molecule has 10 heteroatoms. The number of carbonyl (C=O) groups is 1. The van der Waals surface area contributed by atoms with Crippen molar-refractivity contribution >= 4 is 16.8 Å². The van der Waals surface area contributed by atoms with Gasteiger partial charge < -0.3 is 25.8 Å². The first-order valence-electron chi connectivity index (χ1n) is 12.8. The van der Waals surface area contributed by atoms with Gasteiger partial charge in [0.25, 0.3) is 5.91 Å². The molecule has 0 aliphatic heterocycles. The minimum absolute atomic E-state index is 0.163. The van der Waals surface area contributed by atoms with Gasteiger partial charge in [-0.05, 0) is 66.4 Å². The molecule has 0 saturated carbocycles. The van der Waals surface area contributed by atoms with Crippen molar-refractivity contribution in [3.63, 3.8) is 0 Å². The maximum Gasteiger partial charge on any atom is 0.269 e. The average Bonchev–Trinajstić information content (AvgIpc) is 3.60. The highest BCUT2D eigenvalue weighted by molar-refractivity contribution is 5.96. The SMILES string of the molecule is CCNCc1cncc(-c2ccc3[nH]nc(-c4ncc(C(=O)N[C@H](CO)Cc5ccc(O)cc5)[nH]4)c3c2)c1C. The van der Waals surface area contributed by atoms with Crippen molar-refractivity contribution in [1.82, 2.24) is 35.8 Å². The fourth-order valence-corrected chi connectivity index (χ4v) is 4.56. The zero-order valence-electron chi connectivity index (χ0n) is 21.8. The number of benzene rings is 2. The summed E-state index contributed by atoms with van der Waals surface area (Å²) in [5.74, 6) is 0.237. The number of imidazole rings is 1. The fourth-order valence-electron chi connectivity index (χ4n) is 4.56. The van der Waals surface area contributed by atoms with Gasteiger partial charge >= 0.3 is 0 Å². The highest BCUT2D eigenvalue weighted by Gasteiger charge is 2.19. The predicted octanol–water partition coefficient (Wildman–Crippen LogP) is 3.47. The van der Waals surface area contributed by atoms with Crippen LogP contribution in [-0.4, -0.2) is 60.5 Å². The van der Waals surface area contributed by atoms with Crippen molar-refractivity contribution in [1.29, 1.82) is 0 Å². The van der Waals surface area contributed by atoms with Crippen LogP contribution in [0.15, 0.2) is 61.1 Å². The third-order valence-corrected chi connectivity index (χ3v) is 6.78. The smallest absolute Gasteiger partial charge is 0.269 e. The number of amides is 1. The van der Waals surface area contributed by atoms with Crippen LogP contribution in [0.25, 0.3) is 33.5 Å². The van der Waals surface area contributed by atoms with E-state index in [-0.39, 0.29) is 24.0 Å². The number of hydrogen-bond acceptors (Lipinski definition) is 7. The van der Waals surface area contributed by atoms with Crippen molar-refractivity contribution in [2.24, 2.45) is 0 Å². The zero-order valence-corrected chi connectivity index (χ0v) is 21.8. The van der Waals surface area contributed by atoms with Gasteiger partial charge in [0.1, 0.15) is 17.1 Å². The molecule has 0 aliphatic rings. The molecular weight excluding hydrogens is 494 g/mol. The van der Waals surface area contributed by atoms with Crippen LogP contribution in [0.5, 0.6) is 5.75 Å².